The van der Waals surface area contributed by atoms with Crippen LogP contribution < -0.4 is 10.2 Å². The number of ether oxygens (including phenoxy) is 1. The van der Waals surface area contributed by atoms with E-state index < -0.39 is 0 Å². The molecule has 1 N–H and O–H groups in total. The summed E-state index contributed by atoms with van der Waals surface area (Å²) in [6.07, 6.45) is 3.24. The fourth-order valence-corrected chi connectivity index (χ4v) is 1.80. The third-order valence-corrected chi connectivity index (χ3v) is 3.10. The molecule has 0 radical (unpaired) electrons. The number of nitrogens with one attached hydrogen (secondary N) is 1. The molecule has 0 saturated heterocycles. The molecule has 4 nitrogen and oxygen atoms in total. The van der Waals surface area contributed by atoms with Crippen molar-refractivity contribution in [3.8, 4) is 5.75 Å². The van der Waals surface area contributed by atoms with E-state index in [0.717, 1.165) is 0 Å². The second kappa shape index (κ2) is 7.89. The van der Waals surface area contributed by atoms with Gasteiger partial charge < -0.3 is 4.74 Å². The lowest BCUT2D eigenvalue weighted by molar-refractivity contribution is 0.0955. The smallest absolute Gasteiger partial charge is 0.271 e. The van der Waals surface area contributed by atoms with Crippen molar-refractivity contribution in [3.63, 3.8) is 0 Å². The predicted octanol–water partition coefficient (Wildman–Crippen LogP) is 3.65. The first-order chi connectivity index (χ1) is 11.1. The maximum absolute atomic E-state index is 13.5. The Bertz CT molecular complexity index is 737. The Morgan fingerprint density at radius 2 is 1.87 bits per heavy atom. The SMILES string of the molecule is COc1ccc(C(=O)N/N=C(C)/C=C/c2ccccc2F)cc1. The van der Waals surface area contributed by atoms with Crippen LogP contribution in [0.1, 0.15) is 22.8 Å². The van der Waals surface area contributed by atoms with Crippen molar-refractivity contribution in [3.05, 3.63) is 71.6 Å². The zero-order chi connectivity index (χ0) is 16.7. The lowest BCUT2D eigenvalue weighted by Gasteiger charge is -2.02. The van der Waals surface area contributed by atoms with E-state index in [1.165, 1.54) is 6.07 Å². The van der Waals surface area contributed by atoms with E-state index in [9.17, 15) is 9.18 Å². The highest BCUT2D eigenvalue weighted by Crippen LogP contribution is 2.11. The van der Waals surface area contributed by atoms with Gasteiger partial charge in [0, 0.05) is 11.1 Å². The normalized spacial score (nSPS) is 11.5. The first-order valence-corrected chi connectivity index (χ1v) is 7.01. The van der Waals surface area contributed by atoms with Crippen LogP contribution in [0.2, 0.25) is 0 Å². The predicted molar refractivity (Wildman–Crippen MR) is 89.0 cm³/mol. The number of hydrogen-bond acceptors (Lipinski definition) is 3. The zero-order valence-electron chi connectivity index (χ0n) is 12.9. The number of nitrogens with zero attached hydrogens (tertiary/aromatic N) is 1. The third kappa shape index (κ3) is 4.78. The van der Waals surface area contributed by atoms with Gasteiger partial charge in [-0.15, -0.1) is 0 Å². The number of carbonyl (C=O) groups is 1. The summed E-state index contributed by atoms with van der Waals surface area (Å²) in [5.74, 6) is 0.0409. The van der Waals surface area contributed by atoms with Crippen molar-refractivity contribution in [1.29, 1.82) is 0 Å². The second-order valence-corrected chi connectivity index (χ2v) is 4.78. The molecule has 0 aliphatic rings. The fraction of sp³-hybridized carbons (Fsp3) is 0.111. The van der Waals surface area contributed by atoms with Crippen molar-refractivity contribution in [2.24, 2.45) is 5.10 Å². The summed E-state index contributed by atoms with van der Waals surface area (Å²) in [6, 6.07) is 13.1. The third-order valence-electron chi connectivity index (χ3n) is 3.10. The first-order valence-electron chi connectivity index (χ1n) is 7.01. The second-order valence-electron chi connectivity index (χ2n) is 4.78. The minimum atomic E-state index is -0.328. The molecule has 0 aliphatic heterocycles. The molecule has 0 saturated carbocycles. The number of carbonyl (C=O) groups excluding carboxylic acids is 1. The molecule has 2 aromatic carbocycles. The lowest BCUT2D eigenvalue weighted by Crippen LogP contribution is -2.18. The fourth-order valence-electron chi connectivity index (χ4n) is 1.80. The van der Waals surface area contributed by atoms with Gasteiger partial charge in [0.1, 0.15) is 11.6 Å². The van der Waals surface area contributed by atoms with Crippen LogP contribution in [-0.4, -0.2) is 18.7 Å². The number of amides is 1. The molecule has 118 valence electrons. The monoisotopic (exact) mass is 312 g/mol. The maximum atomic E-state index is 13.5. The number of halogens is 1. The van der Waals surface area contributed by atoms with Crippen molar-refractivity contribution in [2.75, 3.05) is 7.11 Å². The maximum Gasteiger partial charge on any atom is 0.271 e. The molecule has 0 fully saturated rings. The molecule has 0 atom stereocenters. The van der Waals surface area contributed by atoms with Crippen molar-refractivity contribution < 1.29 is 13.9 Å². The Hall–Kier alpha value is -2.95. The van der Waals surface area contributed by atoms with E-state index in [0.29, 0.717) is 22.6 Å². The Labute approximate surface area is 134 Å². The number of hydrogen-bond donors (Lipinski definition) is 1. The van der Waals surface area contributed by atoms with Gasteiger partial charge >= 0.3 is 0 Å². The van der Waals surface area contributed by atoms with E-state index in [4.69, 9.17) is 4.74 Å². The van der Waals surface area contributed by atoms with Gasteiger partial charge in [-0.3, -0.25) is 4.79 Å². The van der Waals surface area contributed by atoms with Crippen molar-refractivity contribution >= 4 is 17.7 Å². The quantitative estimate of drug-likeness (QED) is 0.677. The summed E-state index contributed by atoms with van der Waals surface area (Å²) in [5.41, 5.74) is 3.94. The molecular weight excluding hydrogens is 295 g/mol. The van der Waals surface area contributed by atoms with Gasteiger partial charge in [0.15, 0.2) is 0 Å². The molecule has 0 aliphatic carbocycles. The number of benzene rings is 2. The molecule has 0 aromatic heterocycles. The van der Waals surface area contributed by atoms with E-state index in [1.807, 2.05) is 0 Å². The topological polar surface area (TPSA) is 50.7 Å². The zero-order valence-corrected chi connectivity index (χ0v) is 12.9. The van der Waals surface area contributed by atoms with Gasteiger partial charge in [0.2, 0.25) is 0 Å². The Balaban J connectivity index is 1.98. The van der Waals surface area contributed by atoms with E-state index in [-0.39, 0.29) is 11.7 Å². The standard InChI is InChI=1S/C18H17FN2O2/c1-13(7-8-14-5-3-4-6-17(14)19)20-21-18(22)15-9-11-16(23-2)12-10-15/h3-12H,1-2H3,(H,21,22)/b8-7+,20-13+. The van der Waals surface area contributed by atoms with Gasteiger partial charge in [-0.25, -0.2) is 9.82 Å². The van der Waals surface area contributed by atoms with E-state index >= 15 is 0 Å². The minimum absolute atomic E-state index is 0.307. The Kier molecular flexibility index (Phi) is 5.63. The Morgan fingerprint density at radius 3 is 2.52 bits per heavy atom. The first kappa shape index (κ1) is 16.4. The van der Waals surface area contributed by atoms with Crippen LogP contribution in [0.3, 0.4) is 0 Å². The summed E-state index contributed by atoms with van der Waals surface area (Å²) in [4.78, 5) is 11.9. The number of rotatable bonds is 5. The Morgan fingerprint density at radius 1 is 1.17 bits per heavy atom. The lowest BCUT2D eigenvalue weighted by atomic mass is 10.2. The highest BCUT2D eigenvalue weighted by molar-refractivity contribution is 5.99. The highest BCUT2D eigenvalue weighted by Gasteiger charge is 2.04. The molecule has 1 amide bonds. The summed E-state index contributed by atoms with van der Waals surface area (Å²) >= 11 is 0. The average Bonchev–Trinajstić information content (AvgIpc) is 2.59. The molecule has 0 spiro atoms. The van der Waals surface area contributed by atoms with Gasteiger partial charge in [0.05, 0.1) is 12.8 Å². The molecule has 2 rings (SSSR count). The van der Waals surface area contributed by atoms with E-state index in [1.54, 1.807) is 68.7 Å². The largest absolute Gasteiger partial charge is 0.497 e. The molecule has 0 unspecified atom stereocenters. The van der Waals surface area contributed by atoms with Gasteiger partial charge in [-0.05, 0) is 43.3 Å². The van der Waals surface area contributed by atoms with Crippen LogP contribution in [0.25, 0.3) is 6.08 Å². The number of hydrazone groups is 1. The molecule has 0 bridgehead atoms. The number of methoxy groups -OCH3 is 1. The number of allylic oxidation sites excluding steroid dienone is 1. The van der Waals surface area contributed by atoms with Gasteiger partial charge in [0.25, 0.3) is 5.91 Å². The summed E-state index contributed by atoms with van der Waals surface area (Å²) < 4.78 is 18.5. The molecule has 0 heterocycles. The van der Waals surface area contributed by atoms with Crippen LogP contribution in [0.4, 0.5) is 4.39 Å². The van der Waals surface area contributed by atoms with Gasteiger partial charge in [-0.1, -0.05) is 24.3 Å². The van der Waals surface area contributed by atoms with Crippen LogP contribution in [-0.2, 0) is 0 Å². The molecule has 23 heavy (non-hydrogen) atoms. The average molecular weight is 312 g/mol. The molecular formula is C18H17FN2O2. The van der Waals surface area contributed by atoms with Crippen LogP contribution in [0.5, 0.6) is 5.75 Å². The highest BCUT2D eigenvalue weighted by atomic mass is 19.1. The summed E-state index contributed by atoms with van der Waals surface area (Å²) in [7, 11) is 1.56. The van der Waals surface area contributed by atoms with Gasteiger partial charge in [-0.2, -0.15) is 5.10 Å². The van der Waals surface area contributed by atoms with E-state index in [2.05, 4.69) is 10.5 Å². The van der Waals surface area contributed by atoms with Crippen LogP contribution in [0.15, 0.2) is 59.7 Å². The van der Waals surface area contributed by atoms with Crippen molar-refractivity contribution in [1.82, 2.24) is 5.43 Å². The van der Waals surface area contributed by atoms with Crippen LogP contribution >= 0.6 is 0 Å². The van der Waals surface area contributed by atoms with Crippen LogP contribution in [0, 0.1) is 5.82 Å². The minimum Gasteiger partial charge on any atom is -0.497 e. The summed E-state index contributed by atoms with van der Waals surface area (Å²) in [5, 5.41) is 3.96. The molecule has 2 aromatic rings. The molecule has 5 heteroatoms. The van der Waals surface area contributed by atoms with Crippen molar-refractivity contribution in [2.45, 2.75) is 6.92 Å². The summed E-state index contributed by atoms with van der Waals surface area (Å²) in [6.45, 7) is 1.71.